The molecule has 1 saturated carbocycles. The fourth-order valence-corrected chi connectivity index (χ4v) is 2.95. The van der Waals surface area contributed by atoms with Crippen LogP contribution in [0.25, 0.3) is 0 Å². The lowest BCUT2D eigenvalue weighted by Crippen LogP contribution is -2.43. The molecule has 1 fully saturated rings. The van der Waals surface area contributed by atoms with Gasteiger partial charge in [0.1, 0.15) is 0 Å². The second-order valence-corrected chi connectivity index (χ2v) is 5.94. The van der Waals surface area contributed by atoms with Crippen LogP contribution in [0.4, 0.5) is 0 Å². The molecule has 78 valence electrons. The van der Waals surface area contributed by atoms with E-state index in [2.05, 4.69) is 25.2 Å². The van der Waals surface area contributed by atoms with Crippen molar-refractivity contribution in [1.29, 1.82) is 0 Å². The number of thiophene rings is 1. The van der Waals surface area contributed by atoms with E-state index in [0.29, 0.717) is 12.1 Å². The second kappa shape index (κ2) is 4.21. The van der Waals surface area contributed by atoms with Crippen molar-refractivity contribution >= 4 is 22.9 Å². The Bertz CT molecular complexity index is 310. The van der Waals surface area contributed by atoms with Crippen molar-refractivity contribution in [2.45, 2.75) is 38.8 Å². The van der Waals surface area contributed by atoms with Crippen LogP contribution >= 0.6 is 22.9 Å². The SMILES string of the molecule is CC1CCC1N[C@@H](C)c1ccc(Cl)s1. The molecule has 0 saturated heterocycles. The average Bonchev–Trinajstić information content (AvgIpc) is 2.58. The Hall–Kier alpha value is -0.0500. The Morgan fingerprint density at radius 3 is 2.71 bits per heavy atom. The average molecular weight is 230 g/mol. The number of halogens is 1. The zero-order valence-electron chi connectivity index (χ0n) is 8.59. The number of nitrogens with one attached hydrogen (secondary N) is 1. The Morgan fingerprint density at radius 1 is 1.50 bits per heavy atom. The smallest absolute Gasteiger partial charge is 0.0931 e. The highest BCUT2D eigenvalue weighted by molar-refractivity contribution is 7.16. The van der Waals surface area contributed by atoms with Crippen LogP contribution in [0.2, 0.25) is 4.34 Å². The molecule has 0 aromatic carbocycles. The maximum Gasteiger partial charge on any atom is 0.0931 e. The molecule has 2 unspecified atom stereocenters. The van der Waals surface area contributed by atoms with Gasteiger partial charge in [-0.2, -0.15) is 0 Å². The van der Waals surface area contributed by atoms with Gasteiger partial charge >= 0.3 is 0 Å². The van der Waals surface area contributed by atoms with E-state index in [1.807, 2.05) is 6.07 Å². The van der Waals surface area contributed by atoms with Crippen molar-refractivity contribution < 1.29 is 0 Å². The van der Waals surface area contributed by atoms with Crippen LogP contribution in [0.1, 0.15) is 37.6 Å². The highest BCUT2D eigenvalue weighted by Gasteiger charge is 2.27. The zero-order valence-corrected chi connectivity index (χ0v) is 10.2. The van der Waals surface area contributed by atoms with Gasteiger partial charge in [0.05, 0.1) is 4.34 Å². The number of rotatable bonds is 3. The van der Waals surface area contributed by atoms with Gasteiger partial charge in [-0.05, 0) is 37.8 Å². The van der Waals surface area contributed by atoms with Crippen LogP contribution in [0.3, 0.4) is 0 Å². The van der Waals surface area contributed by atoms with Crippen LogP contribution in [0, 0.1) is 5.92 Å². The first-order valence-electron chi connectivity index (χ1n) is 5.18. The van der Waals surface area contributed by atoms with E-state index >= 15 is 0 Å². The summed E-state index contributed by atoms with van der Waals surface area (Å²) < 4.78 is 0.885. The molecule has 0 bridgehead atoms. The highest BCUT2D eigenvalue weighted by atomic mass is 35.5. The van der Waals surface area contributed by atoms with Gasteiger partial charge < -0.3 is 5.32 Å². The normalized spacial score (nSPS) is 28.5. The van der Waals surface area contributed by atoms with Crippen molar-refractivity contribution in [1.82, 2.24) is 5.32 Å². The van der Waals surface area contributed by atoms with E-state index < -0.39 is 0 Å². The topological polar surface area (TPSA) is 12.0 Å². The molecule has 14 heavy (non-hydrogen) atoms. The number of hydrogen-bond donors (Lipinski definition) is 1. The second-order valence-electron chi connectivity index (χ2n) is 4.19. The van der Waals surface area contributed by atoms with E-state index in [4.69, 9.17) is 11.6 Å². The maximum atomic E-state index is 5.91. The first kappa shape index (κ1) is 10.5. The van der Waals surface area contributed by atoms with Gasteiger partial charge in [0, 0.05) is 17.0 Å². The molecule has 0 spiro atoms. The molecular weight excluding hydrogens is 214 g/mol. The van der Waals surface area contributed by atoms with Crippen LogP contribution in [0.5, 0.6) is 0 Å². The summed E-state index contributed by atoms with van der Waals surface area (Å²) in [6.45, 7) is 4.53. The lowest BCUT2D eigenvalue weighted by atomic mass is 9.81. The van der Waals surface area contributed by atoms with Crippen molar-refractivity contribution in [3.63, 3.8) is 0 Å². The summed E-state index contributed by atoms with van der Waals surface area (Å²) in [6, 6.07) is 5.25. The van der Waals surface area contributed by atoms with Gasteiger partial charge in [-0.15, -0.1) is 11.3 Å². The monoisotopic (exact) mass is 229 g/mol. The van der Waals surface area contributed by atoms with Gasteiger partial charge in [-0.25, -0.2) is 0 Å². The fraction of sp³-hybridized carbons (Fsp3) is 0.636. The predicted molar refractivity (Wildman–Crippen MR) is 63.1 cm³/mol. The lowest BCUT2D eigenvalue weighted by Gasteiger charge is -2.36. The van der Waals surface area contributed by atoms with E-state index in [-0.39, 0.29) is 0 Å². The Morgan fingerprint density at radius 2 is 2.29 bits per heavy atom. The summed E-state index contributed by atoms with van der Waals surface area (Å²) in [5.74, 6) is 0.841. The van der Waals surface area contributed by atoms with Gasteiger partial charge in [-0.1, -0.05) is 18.5 Å². The first-order chi connectivity index (χ1) is 6.66. The molecule has 3 atom stereocenters. The van der Waals surface area contributed by atoms with Gasteiger partial charge in [0.15, 0.2) is 0 Å². The molecule has 0 aliphatic heterocycles. The third-order valence-corrected chi connectivity index (χ3v) is 4.52. The standard InChI is InChI=1S/C11H16ClNS/c1-7-3-4-9(7)13-8(2)10-5-6-11(12)14-10/h5-9,13H,3-4H2,1-2H3/t7?,8-,9?/m0/s1. The minimum atomic E-state index is 0.445. The summed E-state index contributed by atoms with van der Waals surface area (Å²) >= 11 is 7.58. The third kappa shape index (κ3) is 2.13. The molecule has 1 nitrogen and oxygen atoms in total. The van der Waals surface area contributed by atoms with Crippen LogP contribution < -0.4 is 5.32 Å². The zero-order chi connectivity index (χ0) is 10.1. The van der Waals surface area contributed by atoms with Crippen LogP contribution in [0.15, 0.2) is 12.1 Å². The molecule has 1 aliphatic rings. The number of hydrogen-bond acceptors (Lipinski definition) is 2. The van der Waals surface area contributed by atoms with Crippen molar-refractivity contribution in [3.8, 4) is 0 Å². The minimum absolute atomic E-state index is 0.445. The van der Waals surface area contributed by atoms with Crippen molar-refractivity contribution in [2.75, 3.05) is 0 Å². The van der Waals surface area contributed by atoms with Crippen molar-refractivity contribution in [3.05, 3.63) is 21.3 Å². The van der Waals surface area contributed by atoms with Gasteiger partial charge in [-0.3, -0.25) is 0 Å². The summed E-state index contributed by atoms with van der Waals surface area (Å²) in [5, 5.41) is 3.65. The molecule has 0 amide bonds. The van der Waals surface area contributed by atoms with E-state index in [9.17, 15) is 0 Å². The molecule has 1 aromatic heterocycles. The molecule has 1 N–H and O–H groups in total. The Kier molecular flexibility index (Phi) is 3.15. The molecule has 1 heterocycles. The third-order valence-electron chi connectivity index (χ3n) is 3.10. The fourth-order valence-electron chi connectivity index (χ4n) is 1.88. The molecular formula is C11H16ClNS. The molecule has 2 rings (SSSR count). The van der Waals surface area contributed by atoms with E-state index in [1.54, 1.807) is 11.3 Å². The lowest BCUT2D eigenvalue weighted by molar-refractivity contribution is 0.214. The van der Waals surface area contributed by atoms with Gasteiger partial charge in [0.25, 0.3) is 0 Å². The quantitative estimate of drug-likeness (QED) is 0.830. The minimum Gasteiger partial charge on any atom is -0.306 e. The maximum absolute atomic E-state index is 5.91. The first-order valence-corrected chi connectivity index (χ1v) is 6.37. The molecule has 1 aromatic rings. The van der Waals surface area contributed by atoms with E-state index in [1.165, 1.54) is 17.7 Å². The molecule has 3 heteroatoms. The molecule has 1 aliphatic carbocycles. The highest BCUT2D eigenvalue weighted by Crippen LogP contribution is 2.31. The largest absolute Gasteiger partial charge is 0.306 e. The van der Waals surface area contributed by atoms with E-state index in [0.717, 1.165) is 10.3 Å². The summed E-state index contributed by atoms with van der Waals surface area (Å²) in [7, 11) is 0. The van der Waals surface area contributed by atoms with Crippen molar-refractivity contribution in [2.24, 2.45) is 5.92 Å². The summed E-state index contributed by atoms with van der Waals surface area (Å²) in [6.07, 6.45) is 2.69. The summed E-state index contributed by atoms with van der Waals surface area (Å²) in [5.41, 5.74) is 0. The van der Waals surface area contributed by atoms with Crippen LogP contribution in [-0.4, -0.2) is 6.04 Å². The molecule has 0 radical (unpaired) electrons. The Balaban J connectivity index is 1.92. The summed E-state index contributed by atoms with van der Waals surface area (Å²) in [4.78, 5) is 1.34. The van der Waals surface area contributed by atoms with Gasteiger partial charge in [0.2, 0.25) is 0 Å². The van der Waals surface area contributed by atoms with Crippen LogP contribution in [-0.2, 0) is 0 Å². The Labute approximate surface area is 94.5 Å². The predicted octanol–water partition coefficient (Wildman–Crippen LogP) is 3.85.